The van der Waals surface area contributed by atoms with Crippen LogP contribution in [0, 0.1) is 0 Å². The molecule has 1 heterocycles. The van der Waals surface area contributed by atoms with E-state index in [0.717, 1.165) is 0 Å². The molecule has 0 fully saturated rings. The topological polar surface area (TPSA) is 52.0 Å². The Kier molecular flexibility index (Phi) is 2.91. The van der Waals surface area contributed by atoms with Gasteiger partial charge in [0.25, 0.3) is 0 Å². The molecule has 0 aliphatic heterocycles. The summed E-state index contributed by atoms with van der Waals surface area (Å²) in [6.07, 6.45) is 0. The van der Waals surface area contributed by atoms with E-state index < -0.39 is 0 Å². The van der Waals surface area contributed by atoms with Gasteiger partial charge in [0.05, 0.1) is 5.02 Å². The van der Waals surface area contributed by atoms with Crippen molar-refractivity contribution in [3.05, 3.63) is 32.7 Å². The average molecular weight is 308 g/mol. The molecule has 1 aromatic heterocycles. The summed E-state index contributed by atoms with van der Waals surface area (Å²) < 4.78 is 5.64. The summed E-state index contributed by atoms with van der Waals surface area (Å²) >= 11 is 15.1. The van der Waals surface area contributed by atoms with Crippen molar-refractivity contribution in [2.24, 2.45) is 0 Å². The molecule has 15 heavy (non-hydrogen) atoms. The highest BCUT2D eigenvalue weighted by Crippen LogP contribution is 2.37. The van der Waals surface area contributed by atoms with Crippen molar-refractivity contribution < 1.29 is 4.52 Å². The minimum atomic E-state index is 0.288. The van der Waals surface area contributed by atoms with Gasteiger partial charge in [-0.2, -0.15) is 0 Å². The molecule has 0 aliphatic rings. The summed E-state index contributed by atoms with van der Waals surface area (Å²) in [5.74, 6) is 0.783. The first-order valence-electron chi connectivity index (χ1n) is 3.95. The SMILES string of the molecule is Nc1noc(-c2ccc(Cl)cc2Cl)c1Br. The van der Waals surface area contributed by atoms with Crippen LogP contribution in [0.15, 0.2) is 27.2 Å². The highest BCUT2D eigenvalue weighted by Gasteiger charge is 2.15. The molecule has 78 valence electrons. The van der Waals surface area contributed by atoms with Crippen LogP contribution in [-0.4, -0.2) is 5.16 Å². The van der Waals surface area contributed by atoms with Gasteiger partial charge in [-0.3, -0.25) is 0 Å². The molecule has 2 aromatic rings. The number of halogens is 3. The summed E-state index contributed by atoms with van der Waals surface area (Å²) in [6.45, 7) is 0. The maximum atomic E-state index is 6.01. The molecule has 1 aromatic carbocycles. The lowest BCUT2D eigenvalue weighted by molar-refractivity contribution is 0.435. The molecule has 0 radical (unpaired) electrons. The number of hydrogen-bond donors (Lipinski definition) is 1. The zero-order chi connectivity index (χ0) is 11.0. The van der Waals surface area contributed by atoms with E-state index in [1.165, 1.54) is 0 Å². The quantitative estimate of drug-likeness (QED) is 0.866. The number of anilines is 1. The lowest BCUT2D eigenvalue weighted by atomic mass is 10.2. The molecule has 0 saturated carbocycles. The van der Waals surface area contributed by atoms with Crippen molar-refractivity contribution in [2.75, 3.05) is 5.73 Å². The van der Waals surface area contributed by atoms with Gasteiger partial charge >= 0.3 is 0 Å². The molecule has 0 spiro atoms. The first-order valence-corrected chi connectivity index (χ1v) is 5.50. The second-order valence-corrected chi connectivity index (χ2v) is 4.47. The fourth-order valence-corrected chi connectivity index (χ4v) is 1.98. The molecule has 0 bridgehead atoms. The molecule has 2 rings (SSSR count). The highest BCUT2D eigenvalue weighted by molar-refractivity contribution is 9.10. The average Bonchev–Trinajstić information content (AvgIpc) is 2.49. The van der Waals surface area contributed by atoms with E-state index in [4.69, 9.17) is 33.5 Å². The Labute approximate surface area is 104 Å². The predicted octanol–water partition coefficient (Wildman–Crippen LogP) is 3.99. The van der Waals surface area contributed by atoms with Crippen molar-refractivity contribution in [1.29, 1.82) is 0 Å². The van der Waals surface area contributed by atoms with E-state index in [1.807, 2.05) is 0 Å². The van der Waals surface area contributed by atoms with E-state index in [1.54, 1.807) is 18.2 Å². The van der Waals surface area contributed by atoms with Gasteiger partial charge in [0.2, 0.25) is 0 Å². The van der Waals surface area contributed by atoms with Gasteiger partial charge in [0, 0.05) is 10.6 Å². The molecule has 2 N–H and O–H groups in total. The first-order chi connectivity index (χ1) is 7.09. The Bertz CT molecular complexity index is 513. The van der Waals surface area contributed by atoms with Crippen molar-refractivity contribution >= 4 is 44.9 Å². The fourth-order valence-electron chi connectivity index (χ4n) is 1.13. The fraction of sp³-hybridized carbons (Fsp3) is 0. The van der Waals surface area contributed by atoms with Gasteiger partial charge in [-0.25, -0.2) is 0 Å². The van der Waals surface area contributed by atoms with Crippen LogP contribution in [0.4, 0.5) is 5.82 Å². The van der Waals surface area contributed by atoms with E-state index >= 15 is 0 Å². The van der Waals surface area contributed by atoms with Crippen LogP contribution in [0.1, 0.15) is 0 Å². The zero-order valence-corrected chi connectivity index (χ0v) is 10.4. The smallest absolute Gasteiger partial charge is 0.184 e. The minimum Gasteiger partial charge on any atom is -0.380 e. The molecule has 6 heteroatoms. The van der Waals surface area contributed by atoms with Crippen molar-refractivity contribution in [2.45, 2.75) is 0 Å². The normalized spacial score (nSPS) is 10.6. The van der Waals surface area contributed by atoms with Gasteiger partial charge < -0.3 is 10.3 Å². The standard InChI is InChI=1S/C9H5BrCl2N2O/c10-7-8(15-14-9(7)13)5-2-1-4(11)3-6(5)12/h1-3H,(H2,13,14). The summed E-state index contributed by atoms with van der Waals surface area (Å²) in [4.78, 5) is 0. The van der Waals surface area contributed by atoms with Crippen molar-refractivity contribution in [3.63, 3.8) is 0 Å². The van der Waals surface area contributed by atoms with Gasteiger partial charge in [-0.15, -0.1) is 0 Å². The van der Waals surface area contributed by atoms with Gasteiger partial charge in [-0.1, -0.05) is 28.4 Å². The molecule has 0 aliphatic carbocycles. The minimum absolute atomic E-state index is 0.288. The zero-order valence-electron chi connectivity index (χ0n) is 7.30. The molecular formula is C9H5BrCl2N2O. The largest absolute Gasteiger partial charge is 0.380 e. The maximum Gasteiger partial charge on any atom is 0.184 e. The molecule has 0 unspecified atom stereocenters. The van der Waals surface area contributed by atoms with Crippen molar-refractivity contribution in [3.8, 4) is 11.3 Å². The number of hydrogen-bond acceptors (Lipinski definition) is 3. The van der Waals surface area contributed by atoms with Gasteiger partial charge in [0.15, 0.2) is 11.6 Å². The van der Waals surface area contributed by atoms with E-state index in [-0.39, 0.29) is 5.82 Å². The van der Waals surface area contributed by atoms with Crippen LogP contribution in [0.3, 0.4) is 0 Å². The molecular weight excluding hydrogens is 303 g/mol. The van der Waals surface area contributed by atoms with Crippen LogP contribution < -0.4 is 5.73 Å². The molecule has 0 amide bonds. The number of nitrogens with two attached hydrogens (primary N) is 1. The Morgan fingerprint density at radius 3 is 2.60 bits per heavy atom. The van der Waals surface area contributed by atoms with Crippen LogP contribution in [0.5, 0.6) is 0 Å². The van der Waals surface area contributed by atoms with Gasteiger partial charge in [-0.05, 0) is 34.1 Å². The predicted molar refractivity (Wildman–Crippen MR) is 64.1 cm³/mol. The number of nitrogen functional groups attached to an aromatic ring is 1. The lowest BCUT2D eigenvalue weighted by Gasteiger charge is -2.00. The van der Waals surface area contributed by atoms with Crippen LogP contribution in [0.25, 0.3) is 11.3 Å². The van der Waals surface area contributed by atoms with Gasteiger partial charge in [0.1, 0.15) is 4.47 Å². The second-order valence-electron chi connectivity index (χ2n) is 2.84. The number of benzene rings is 1. The Balaban J connectivity index is 2.59. The molecule has 0 saturated heterocycles. The summed E-state index contributed by atoms with van der Waals surface area (Å²) in [5, 5.41) is 4.67. The maximum absolute atomic E-state index is 6.01. The summed E-state index contributed by atoms with van der Waals surface area (Å²) in [6, 6.07) is 5.09. The van der Waals surface area contributed by atoms with E-state index in [0.29, 0.717) is 25.8 Å². The second kappa shape index (κ2) is 4.04. The molecule has 3 nitrogen and oxygen atoms in total. The van der Waals surface area contributed by atoms with E-state index in [2.05, 4.69) is 21.1 Å². The van der Waals surface area contributed by atoms with Crippen LogP contribution in [0.2, 0.25) is 10.0 Å². The first kappa shape index (κ1) is 10.8. The summed E-state index contributed by atoms with van der Waals surface area (Å²) in [5.41, 5.74) is 6.23. The van der Waals surface area contributed by atoms with E-state index in [9.17, 15) is 0 Å². The monoisotopic (exact) mass is 306 g/mol. The Morgan fingerprint density at radius 2 is 2.07 bits per heavy atom. The highest BCUT2D eigenvalue weighted by atomic mass is 79.9. The van der Waals surface area contributed by atoms with Crippen LogP contribution >= 0.6 is 39.1 Å². The third kappa shape index (κ3) is 1.97. The third-order valence-electron chi connectivity index (χ3n) is 1.84. The third-order valence-corrected chi connectivity index (χ3v) is 3.15. The molecule has 0 atom stereocenters. The summed E-state index contributed by atoms with van der Waals surface area (Å²) in [7, 11) is 0. The Morgan fingerprint density at radius 1 is 1.33 bits per heavy atom. The number of nitrogens with zero attached hydrogens (tertiary/aromatic N) is 1. The van der Waals surface area contributed by atoms with Crippen molar-refractivity contribution in [1.82, 2.24) is 5.16 Å². The number of rotatable bonds is 1. The Hall–Kier alpha value is -0.710. The van der Waals surface area contributed by atoms with Crippen LogP contribution in [-0.2, 0) is 0 Å². The lowest BCUT2D eigenvalue weighted by Crippen LogP contribution is -1.83. The number of aromatic nitrogens is 1.